The van der Waals surface area contributed by atoms with Crippen molar-refractivity contribution in [3.63, 3.8) is 0 Å². The van der Waals surface area contributed by atoms with Gasteiger partial charge >= 0.3 is 5.97 Å². The first kappa shape index (κ1) is 26.4. The molecule has 3 N–H and O–H groups in total. The molecule has 8 nitrogen and oxygen atoms in total. The molecule has 0 bridgehead atoms. The van der Waals surface area contributed by atoms with Gasteiger partial charge in [0, 0.05) is 32.0 Å². The van der Waals surface area contributed by atoms with E-state index in [1.54, 1.807) is 13.1 Å². The van der Waals surface area contributed by atoms with Crippen LogP contribution in [0.5, 0.6) is 0 Å². The Kier molecular flexibility index (Phi) is 7.86. The molecule has 1 heterocycles. The first-order valence-electron chi connectivity index (χ1n) is 10.9. The van der Waals surface area contributed by atoms with Crippen LogP contribution in [0.4, 0.5) is 15.8 Å². The Balaban J connectivity index is 1.90. The Labute approximate surface area is 214 Å². The second kappa shape index (κ2) is 10.7. The molecular weight excluding hydrogens is 511 g/mol. The highest BCUT2D eigenvalue weighted by atomic mass is 35.5. The Bertz CT molecular complexity index is 1260. The van der Waals surface area contributed by atoms with Crippen molar-refractivity contribution in [2.75, 3.05) is 39.0 Å². The minimum absolute atomic E-state index is 0.0499. The molecule has 0 saturated heterocycles. The van der Waals surface area contributed by atoms with Gasteiger partial charge in [-0.3, -0.25) is 9.11 Å². The van der Waals surface area contributed by atoms with Gasteiger partial charge in [0.15, 0.2) is 0 Å². The van der Waals surface area contributed by atoms with Gasteiger partial charge in [-0.1, -0.05) is 35.9 Å². The lowest BCUT2D eigenvalue weighted by Gasteiger charge is -2.43. The van der Waals surface area contributed by atoms with Crippen LogP contribution in [0.1, 0.15) is 10.4 Å². The Morgan fingerprint density at radius 3 is 2.56 bits per heavy atom. The number of para-hydroxylation sites is 1. The van der Waals surface area contributed by atoms with Crippen LogP contribution in [0.15, 0.2) is 65.6 Å². The molecule has 192 valence electrons. The van der Waals surface area contributed by atoms with Gasteiger partial charge in [0.25, 0.3) is 0 Å². The van der Waals surface area contributed by atoms with Crippen LogP contribution < -0.4 is 4.90 Å². The molecule has 4 rings (SSSR count). The first-order chi connectivity index (χ1) is 17.1. The van der Waals surface area contributed by atoms with Crippen LogP contribution in [-0.2, 0) is 9.47 Å². The zero-order valence-corrected chi connectivity index (χ0v) is 21.2. The number of fused-ring (bicyclic) bond motifs is 1. The van der Waals surface area contributed by atoms with E-state index in [1.807, 2.05) is 35.2 Å². The minimum atomic E-state index is -3.54. The SMILES string of the molecule is COCOCC1CN(c2ccccc2)c2cc(Cl)c(-c3ccc(F)c(C(=O)O)c3)cc2S(O)(O)N1C. The molecule has 3 aromatic rings. The number of carbonyl (C=O) groups is 1. The van der Waals surface area contributed by atoms with Crippen LogP contribution in [0, 0.1) is 5.82 Å². The second-order valence-electron chi connectivity index (χ2n) is 8.24. The summed E-state index contributed by atoms with van der Waals surface area (Å²) < 4.78 is 49.0. The summed E-state index contributed by atoms with van der Waals surface area (Å²) >= 11 is 6.67. The molecule has 3 aromatic carbocycles. The summed E-state index contributed by atoms with van der Waals surface area (Å²) in [4.78, 5) is 13.6. The summed E-state index contributed by atoms with van der Waals surface area (Å²) in [7, 11) is -0.439. The summed E-state index contributed by atoms with van der Waals surface area (Å²) in [6, 6.07) is 15.7. The van der Waals surface area contributed by atoms with E-state index in [4.69, 9.17) is 21.1 Å². The lowest BCUT2D eigenvalue weighted by atomic mass is 10.0. The van der Waals surface area contributed by atoms with Crippen molar-refractivity contribution in [2.45, 2.75) is 10.9 Å². The van der Waals surface area contributed by atoms with Gasteiger partial charge in [0.1, 0.15) is 12.6 Å². The number of methoxy groups -OCH3 is 1. The first-order valence-corrected chi connectivity index (χ1v) is 12.8. The van der Waals surface area contributed by atoms with Gasteiger partial charge in [-0.05, 0) is 42.0 Å². The van der Waals surface area contributed by atoms with E-state index >= 15 is 0 Å². The quantitative estimate of drug-likeness (QED) is 0.252. The maximum absolute atomic E-state index is 14.0. The average molecular weight is 537 g/mol. The molecule has 0 aliphatic carbocycles. The number of hydrogen-bond acceptors (Lipinski definition) is 7. The van der Waals surface area contributed by atoms with E-state index in [1.165, 1.54) is 29.6 Å². The summed E-state index contributed by atoms with van der Waals surface area (Å²) in [5.74, 6) is -2.30. The van der Waals surface area contributed by atoms with Crippen molar-refractivity contribution in [1.82, 2.24) is 4.31 Å². The number of aromatic carboxylic acids is 1. The summed E-state index contributed by atoms with van der Waals surface area (Å²) in [5.41, 5.74) is 1.45. The monoisotopic (exact) mass is 536 g/mol. The maximum Gasteiger partial charge on any atom is 0.338 e. The fourth-order valence-electron chi connectivity index (χ4n) is 4.12. The Hall–Kier alpha value is -2.70. The highest BCUT2D eigenvalue weighted by molar-refractivity contribution is 8.22. The molecule has 1 unspecified atom stereocenters. The van der Waals surface area contributed by atoms with Gasteiger partial charge in [-0.15, -0.1) is 10.8 Å². The Morgan fingerprint density at radius 1 is 1.17 bits per heavy atom. The molecule has 1 atom stereocenters. The van der Waals surface area contributed by atoms with Crippen molar-refractivity contribution >= 4 is 39.7 Å². The molecule has 0 amide bonds. The van der Waals surface area contributed by atoms with Gasteiger partial charge in [0.2, 0.25) is 0 Å². The third kappa shape index (κ3) is 5.07. The number of likely N-dealkylation sites (N-methyl/N-ethyl adjacent to an activating group) is 1. The van der Waals surface area contributed by atoms with E-state index in [-0.39, 0.29) is 23.3 Å². The Morgan fingerprint density at radius 2 is 1.89 bits per heavy atom. The van der Waals surface area contributed by atoms with Crippen molar-refractivity contribution in [3.05, 3.63) is 77.1 Å². The van der Waals surface area contributed by atoms with Gasteiger partial charge in [0.05, 0.1) is 33.8 Å². The van der Waals surface area contributed by atoms with Crippen LogP contribution in [0.2, 0.25) is 5.02 Å². The third-order valence-corrected chi connectivity index (χ3v) is 8.36. The van der Waals surface area contributed by atoms with E-state index in [0.717, 1.165) is 11.8 Å². The summed E-state index contributed by atoms with van der Waals surface area (Å²) in [5, 5.41) is 9.59. The van der Waals surface area contributed by atoms with E-state index < -0.39 is 34.2 Å². The number of hydrogen-bond donors (Lipinski definition) is 3. The highest BCUT2D eigenvalue weighted by Gasteiger charge is 2.38. The molecule has 0 radical (unpaired) electrons. The molecule has 36 heavy (non-hydrogen) atoms. The fraction of sp³-hybridized carbons (Fsp3) is 0.240. The minimum Gasteiger partial charge on any atom is -0.478 e. The summed E-state index contributed by atoms with van der Waals surface area (Å²) in [6.07, 6.45) is 0. The number of carboxylic acids is 1. The number of carboxylic acid groups (broad SMARTS) is 1. The topological polar surface area (TPSA) is 103 Å². The van der Waals surface area contributed by atoms with Crippen LogP contribution in [-0.4, -0.2) is 64.6 Å². The zero-order chi connectivity index (χ0) is 26.0. The number of halogens is 2. The van der Waals surface area contributed by atoms with Crippen LogP contribution >= 0.6 is 22.4 Å². The van der Waals surface area contributed by atoms with Gasteiger partial charge in [-0.2, -0.15) is 4.31 Å². The lowest BCUT2D eigenvalue weighted by molar-refractivity contribution is -0.0424. The molecular formula is C25H26ClFN2O6S. The smallest absolute Gasteiger partial charge is 0.338 e. The third-order valence-electron chi connectivity index (χ3n) is 6.03. The van der Waals surface area contributed by atoms with E-state index in [0.29, 0.717) is 23.4 Å². The normalized spacial score (nSPS) is 18.4. The van der Waals surface area contributed by atoms with Gasteiger partial charge in [-0.25, -0.2) is 9.18 Å². The number of ether oxygens (including phenoxy) is 2. The lowest BCUT2D eigenvalue weighted by Crippen LogP contribution is -2.42. The van der Waals surface area contributed by atoms with Crippen molar-refractivity contribution in [1.29, 1.82) is 0 Å². The predicted molar refractivity (Wildman–Crippen MR) is 138 cm³/mol. The molecule has 0 spiro atoms. The van der Waals surface area contributed by atoms with Crippen molar-refractivity contribution < 1.29 is 32.9 Å². The maximum atomic E-state index is 14.0. The van der Waals surface area contributed by atoms with Crippen LogP contribution in [0.3, 0.4) is 0 Å². The van der Waals surface area contributed by atoms with Gasteiger partial charge < -0.3 is 19.5 Å². The standard InChI is InChI=1S/C25H26ClFN2O6S/c1-28-18(14-35-15-34-2)13-29(17-6-4-3-5-7-17)23-12-21(26)19(11-24(23)36(28,32)33)16-8-9-22(27)20(10-16)25(30)31/h3-12,18,32-33H,13-15H2,1-2H3,(H,30,31). The van der Waals surface area contributed by atoms with E-state index in [9.17, 15) is 23.4 Å². The van der Waals surface area contributed by atoms with Crippen LogP contribution in [0.25, 0.3) is 11.1 Å². The molecule has 0 fully saturated rings. The molecule has 0 aromatic heterocycles. The zero-order valence-electron chi connectivity index (χ0n) is 19.6. The molecule has 11 heteroatoms. The number of rotatable bonds is 7. The highest BCUT2D eigenvalue weighted by Crippen LogP contribution is 2.59. The molecule has 0 saturated carbocycles. The van der Waals surface area contributed by atoms with Crippen molar-refractivity contribution in [3.8, 4) is 11.1 Å². The largest absolute Gasteiger partial charge is 0.478 e. The predicted octanol–water partition coefficient (Wildman–Crippen LogP) is 5.94. The second-order valence-corrected chi connectivity index (χ2v) is 10.7. The molecule has 1 aliphatic heterocycles. The average Bonchev–Trinajstić information content (AvgIpc) is 2.93. The molecule has 1 aliphatic rings. The van der Waals surface area contributed by atoms with E-state index in [2.05, 4.69) is 0 Å². The number of nitrogens with zero attached hydrogens (tertiary/aromatic N) is 2. The summed E-state index contributed by atoms with van der Waals surface area (Å²) in [6.45, 7) is 0.564. The fourth-order valence-corrected chi connectivity index (χ4v) is 5.96. The number of anilines is 2. The number of benzene rings is 3. The van der Waals surface area contributed by atoms with Crippen molar-refractivity contribution in [2.24, 2.45) is 0 Å².